The Morgan fingerprint density at radius 1 is 1.19 bits per heavy atom. The lowest BCUT2D eigenvalue weighted by atomic mass is 10.2. The van der Waals surface area contributed by atoms with Gasteiger partial charge in [0.1, 0.15) is 0 Å². The van der Waals surface area contributed by atoms with E-state index in [0.717, 1.165) is 33.2 Å². The van der Waals surface area contributed by atoms with Crippen LogP contribution in [0, 0.1) is 6.92 Å². The van der Waals surface area contributed by atoms with Gasteiger partial charge in [-0.15, -0.1) is 0 Å². The van der Waals surface area contributed by atoms with E-state index in [1.807, 2.05) is 57.4 Å². The van der Waals surface area contributed by atoms with Crippen LogP contribution in [0.1, 0.15) is 22.3 Å². The summed E-state index contributed by atoms with van der Waals surface area (Å²) in [5, 5.41) is 1.40. The van der Waals surface area contributed by atoms with Crippen molar-refractivity contribution < 1.29 is 4.79 Å². The van der Waals surface area contributed by atoms with Gasteiger partial charge in [-0.05, 0) is 75.9 Å². The molecule has 3 rings (SSSR count). The molecule has 0 radical (unpaired) electrons. The molecule has 0 saturated carbocycles. The average Bonchev–Trinajstić information content (AvgIpc) is 3.02. The highest BCUT2D eigenvalue weighted by Crippen LogP contribution is 2.33. The zero-order valence-electron chi connectivity index (χ0n) is 15.5. The summed E-state index contributed by atoms with van der Waals surface area (Å²) in [5.74, 6) is -0.0379. The molecule has 0 aliphatic heterocycles. The zero-order valence-corrected chi connectivity index (χ0v) is 18.7. The summed E-state index contributed by atoms with van der Waals surface area (Å²) in [5.41, 5.74) is 2.57. The number of carbonyl (C=O) groups excluding carboxylic acids is 1. The minimum atomic E-state index is -0.0379. The van der Waals surface area contributed by atoms with E-state index in [4.69, 9.17) is 16.6 Å². The van der Waals surface area contributed by atoms with Crippen molar-refractivity contribution in [1.82, 2.24) is 9.88 Å². The van der Waals surface area contributed by atoms with Gasteiger partial charge in [0, 0.05) is 21.6 Å². The molecule has 1 aromatic heterocycles. The number of hydrogen-bond acceptors (Lipinski definition) is 4. The minimum Gasteiger partial charge on any atom is -0.309 e. The van der Waals surface area contributed by atoms with E-state index in [2.05, 4.69) is 20.8 Å². The second kappa shape index (κ2) is 8.69. The third kappa shape index (κ3) is 4.88. The number of thiazole rings is 1. The van der Waals surface area contributed by atoms with Crippen LogP contribution >= 0.6 is 38.9 Å². The Hall–Kier alpha value is -1.47. The Balaban J connectivity index is 1.97. The van der Waals surface area contributed by atoms with Gasteiger partial charge in [-0.3, -0.25) is 9.69 Å². The highest BCUT2D eigenvalue weighted by molar-refractivity contribution is 9.10. The molecule has 1 amide bonds. The fourth-order valence-electron chi connectivity index (χ4n) is 2.84. The maximum atomic E-state index is 13.2. The lowest BCUT2D eigenvalue weighted by Crippen LogP contribution is -2.33. The number of aryl methyl sites for hydroxylation is 1. The fraction of sp³-hybridized carbons (Fsp3) is 0.300. The summed E-state index contributed by atoms with van der Waals surface area (Å²) in [6.07, 6.45) is 0.866. The molecule has 4 nitrogen and oxygen atoms in total. The molecular weight excluding hydrogens is 446 g/mol. The highest BCUT2D eigenvalue weighted by atomic mass is 79.9. The number of rotatable bonds is 6. The Morgan fingerprint density at radius 2 is 1.89 bits per heavy atom. The predicted molar refractivity (Wildman–Crippen MR) is 118 cm³/mol. The van der Waals surface area contributed by atoms with Crippen molar-refractivity contribution in [2.45, 2.75) is 13.3 Å². The lowest BCUT2D eigenvalue weighted by Gasteiger charge is -2.21. The maximum Gasteiger partial charge on any atom is 0.260 e. The number of hydrogen-bond donors (Lipinski definition) is 0. The summed E-state index contributed by atoms with van der Waals surface area (Å²) >= 11 is 11.1. The molecule has 3 aromatic rings. The normalized spacial score (nSPS) is 11.3. The first-order chi connectivity index (χ1) is 12.8. The molecule has 7 heteroatoms. The van der Waals surface area contributed by atoms with E-state index in [1.165, 1.54) is 11.3 Å². The lowest BCUT2D eigenvalue weighted by molar-refractivity contribution is 0.0986. The van der Waals surface area contributed by atoms with Crippen molar-refractivity contribution in [3.8, 4) is 0 Å². The molecule has 0 aliphatic rings. The SMILES string of the molecule is Cc1cc(Cl)cc2sc(N(CCCN(C)C)C(=O)c3ccc(Br)cc3)nc12. The van der Waals surface area contributed by atoms with Crippen LogP contribution in [0.5, 0.6) is 0 Å². The van der Waals surface area contributed by atoms with Gasteiger partial charge in [-0.1, -0.05) is 38.9 Å². The standard InChI is InChI=1S/C20H21BrClN3OS/c1-13-11-16(22)12-17-18(13)23-20(27-17)25(10-4-9-24(2)3)19(26)14-5-7-15(21)8-6-14/h5-8,11-12H,4,9-10H2,1-3H3. The maximum absolute atomic E-state index is 13.2. The molecule has 0 spiro atoms. The first-order valence-corrected chi connectivity index (χ1v) is 10.6. The van der Waals surface area contributed by atoms with Crippen molar-refractivity contribution in [1.29, 1.82) is 0 Å². The van der Waals surface area contributed by atoms with Crippen molar-refractivity contribution in [2.75, 3.05) is 32.1 Å². The predicted octanol–water partition coefficient (Wildman–Crippen LogP) is 5.62. The van der Waals surface area contributed by atoms with E-state index in [-0.39, 0.29) is 5.91 Å². The molecule has 0 atom stereocenters. The van der Waals surface area contributed by atoms with Gasteiger partial charge < -0.3 is 4.90 Å². The summed E-state index contributed by atoms with van der Waals surface area (Å²) in [6, 6.07) is 11.2. The number of aromatic nitrogens is 1. The van der Waals surface area contributed by atoms with Gasteiger partial charge in [0.15, 0.2) is 5.13 Å². The molecule has 1 heterocycles. The number of amides is 1. The van der Waals surface area contributed by atoms with E-state index in [9.17, 15) is 4.79 Å². The molecule has 2 aromatic carbocycles. The fourth-order valence-corrected chi connectivity index (χ4v) is 4.54. The Labute approximate surface area is 176 Å². The quantitative estimate of drug-likeness (QED) is 0.473. The van der Waals surface area contributed by atoms with Crippen LogP contribution in [0.25, 0.3) is 10.2 Å². The summed E-state index contributed by atoms with van der Waals surface area (Å²) in [4.78, 5) is 21.9. The molecule has 0 fully saturated rings. The van der Waals surface area contributed by atoms with Crippen molar-refractivity contribution in [3.05, 3.63) is 57.0 Å². The van der Waals surface area contributed by atoms with Gasteiger partial charge in [0.25, 0.3) is 5.91 Å². The number of fused-ring (bicyclic) bond motifs is 1. The van der Waals surface area contributed by atoms with Crippen LogP contribution in [-0.4, -0.2) is 43.0 Å². The molecule has 0 aliphatic carbocycles. The number of nitrogens with zero attached hydrogens (tertiary/aromatic N) is 3. The summed E-state index contributed by atoms with van der Waals surface area (Å²) < 4.78 is 1.94. The summed E-state index contributed by atoms with van der Waals surface area (Å²) in [7, 11) is 4.06. The van der Waals surface area contributed by atoms with Crippen LogP contribution in [0.4, 0.5) is 5.13 Å². The molecule has 0 unspecified atom stereocenters. The Kier molecular flexibility index (Phi) is 6.52. The number of benzene rings is 2. The molecular formula is C20H21BrClN3OS. The van der Waals surface area contributed by atoms with Crippen LogP contribution in [0.3, 0.4) is 0 Å². The number of halogens is 2. The van der Waals surface area contributed by atoms with Gasteiger partial charge in [-0.25, -0.2) is 4.98 Å². The molecule has 0 saturated heterocycles. The van der Waals surface area contributed by atoms with E-state index >= 15 is 0 Å². The first-order valence-electron chi connectivity index (χ1n) is 8.64. The largest absolute Gasteiger partial charge is 0.309 e. The number of carbonyl (C=O) groups is 1. The number of anilines is 1. The van der Waals surface area contributed by atoms with E-state index < -0.39 is 0 Å². The monoisotopic (exact) mass is 465 g/mol. The second-order valence-electron chi connectivity index (χ2n) is 6.69. The van der Waals surface area contributed by atoms with Gasteiger partial charge >= 0.3 is 0 Å². The Bertz CT molecular complexity index is 956. The second-order valence-corrected chi connectivity index (χ2v) is 9.05. The molecule has 0 bridgehead atoms. The minimum absolute atomic E-state index is 0.0379. The van der Waals surface area contributed by atoms with Crippen molar-refractivity contribution in [2.24, 2.45) is 0 Å². The van der Waals surface area contributed by atoms with Crippen LogP contribution in [-0.2, 0) is 0 Å². The molecule has 27 heavy (non-hydrogen) atoms. The van der Waals surface area contributed by atoms with Crippen molar-refractivity contribution >= 4 is 60.1 Å². The van der Waals surface area contributed by atoms with E-state index in [0.29, 0.717) is 22.3 Å². The third-order valence-electron chi connectivity index (χ3n) is 4.19. The average molecular weight is 467 g/mol. The third-order valence-corrected chi connectivity index (χ3v) is 5.97. The van der Waals surface area contributed by atoms with Gasteiger partial charge in [0.05, 0.1) is 10.2 Å². The van der Waals surface area contributed by atoms with Crippen LogP contribution < -0.4 is 4.90 Å². The Morgan fingerprint density at radius 3 is 2.56 bits per heavy atom. The first kappa shape index (κ1) is 20.3. The van der Waals surface area contributed by atoms with E-state index in [1.54, 1.807) is 4.90 Å². The summed E-state index contributed by atoms with van der Waals surface area (Å²) in [6.45, 7) is 3.50. The van der Waals surface area contributed by atoms with Crippen LogP contribution in [0.2, 0.25) is 5.02 Å². The van der Waals surface area contributed by atoms with Crippen LogP contribution in [0.15, 0.2) is 40.9 Å². The zero-order chi connectivity index (χ0) is 19.6. The highest BCUT2D eigenvalue weighted by Gasteiger charge is 2.21. The van der Waals surface area contributed by atoms with Crippen molar-refractivity contribution in [3.63, 3.8) is 0 Å². The molecule has 142 valence electrons. The smallest absolute Gasteiger partial charge is 0.260 e. The van der Waals surface area contributed by atoms with Gasteiger partial charge in [-0.2, -0.15) is 0 Å². The van der Waals surface area contributed by atoms with Gasteiger partial charge in [0.2, 0.25) is 0 Å². The topological polar surface area (TPSA) is 36.4 Å². The molecule has 0 N–H and O–H groups in total.